The lowest BCUT2D eigenvalue weighted by Crippen LogP contribution is -2.33. The second kappa shape index (κ2) is 5.51. The molecule has 1 aliphatic rings. The summed E-state index contributed by atoms with van der Waals surface area (Å²) in [6.07, 6.45) is 3.05. The zero-order chi connectivity index (χ0) is 14.1. The van der Waals surface area contributed by atoms with Crippen LogP contribution in [0.2, 0.25) is 0 Å². The fourth-order valence-electron chi connectivity index (χ4n) is 3.45. The second-order valence-corrected chi connectivity index (χ2v) is 6.02. The van der Waals surface area contributed by atoms with Crippen LogP contribution in [-0.2, 0) is 0 Å². The number of hydrogen-bond acceptors (Lipinski definition) is 3. The van der Waals surface area contributed by atoms with Crippen molar-refractivity contribution in [2.24, 2.45) is 11.7 Å². The molecule has 3 heteroatoms. The molecule has 20 heavy (non-hydrogen) atoms. The van der Waals surface area contributed by atoms with E-state index in [0.717, 1.165) is 18.6 Å². The van der Waals surface area contributed by atoms with E-state index in [-0.39, 0.29) is 0 Å². The summed E-state index contributed by atoms with van der Waals surface area (Å²) in [6.45, 7) is 6.46. The number of nitrogens with zero attached hydrogens (tertiary/aromatic N) is 2. The van der Waals surface area contributed by atoms with Crippen molar-refractivity contribution in [3.63, 3.8) is 0 Å². The summed E-state index contributed by atoms with van der Waals surface area (Å²) in [7, 11) is 0. The summed E-state index contributed by atoms with van der Waals surface area (Å²) < 4.78 is 0. The monoisotopic (exact) mass is 269 g/mol. The summed E-state index contributed by atoms with van der Waals surface area (Å²) in [4.78, 5) is 6.98. The number of nitrogens with two attached hydrogens (primary N) is 1. The van der Waals surface area contributed by atoms with E-state index in [9.17, 15) is 0 Å². The smallest absolute Gasteiger partial charge is 0.0702 e. The molecule has 0 amide bonds. The van der Waals surface area contributed by atoms with E-state index in [0.29, 0.717) is 18.0 Å². The summed E-state index contributed by atoms with van der Waals surface area (Å²) in [5.41, 5.74) is 8.44. The van der Waals surface area contributed by atoms with Crippen LogP contribution in [0.3, 0.4) is 0 Å². The predicted molar refractivity (Wildman–Crippen MR) is 83.5 cm³/mol. The van der Waals surface area contributed by atoms with Crippen molar-refractivity contribution < 1.29 is 0 Å². The van der Waals surface area contributed by atoms with Crippen LogP contribution in [-0.4, -0.2) is 29.0 Å². The van der Waals surface area contributed by atoms with E-state index >= 15 is 0 Å². The number of pyridine rings is 1. The fraction of sp³-hybridized carbons (Fsp3) is 0.471. The molecule has 1 aromatic heterocycles. The van der Waals surface area contributed by atoms with Crippen LogP contribution >= 0.6 is 0 Å². The highest BCUT2D eigenvalue weighted by Crippen LogP contribution is 2.38. The molecule has 1 aromatic carbocycles. The second-order valence-electron chi connectivity index (χ2n) is 6.02. The molecule has 106 valence electrons. The molecule has 0 bridgehead atoms. The van der Waals surface area contributed by atoms with Gasteiger partial charge in [0.2, 0.25) is 0 Å². The van der Waals surface area contributed by atoms with Crippen molar-refractivity contribution >= 4 is 10.9 Å². The first-order chi connectivity index (χ1) is 9.70. The molecule has 1 aliphatic heterocycles. The molecule has 0 aliphatic carbocycles. The maximum absolute atomic E-state index is 6.00. The third-order valence-electron chi connectivity index (χ3n) is 4.50. The normalized spacial score (nSPS) is 23.8. The van der Waals surface area contributed by atoms with Gasteiger partial charge in [0.25, 0.3) is 0 Å². The Balaban J connectivity index is 2.02. The lowest BCUT2D eigenvalue weighted by atomic mass is 9.92. The van der Waals surface area contributed by atoms with Gasteiger partial charge in [-0.3, -0.25) is 9.88 Å². The van der Waals surface area contributed by atoms with Gasteiger partial charge in [0.15, 0.2) is 0 Å². The van der Waals surface area contributed by atoms with Crippen LogP contribution in [0.15, 0.2) is 36.5 Å². The molecular formula is C17H23N3. The Labute approximate surface area is 120 Å². The molecular weight excluding hydrogens is 246 g/mol. The minimum atomic E-state index is 0.449. The highest BCUT2D eigenvalue weighted by atomic mass is 15.2. The third-order valence-corrected chi connectivity index (χ3v) is 4.50. The van der Waals surface area contributed by atoms with Crippen LogP contribution in [0.5, 0.6) is 0 Å². The van der Waals surface area contributed by atoms with E-state index in [1.165, 1.54) is 17.4 Å². The van der Waals surface area contributed by atoms with Crippen LogP contribution in [0.1, 0.15) is 31.9 Å². The Morgan fingerprint density at radius 1 is 1.35 bits per heavy atom. The minimum absolute atomic E-state index is 0.449. The first-order valence-electron chi connectivity index (χ1n) is 7.51. The van der Waals surface area contributed by atoms with Crippen molar-refractivity contribution in [2.45, 2.75) is 32.4 Å². The first-order valence-corrected chi connectivity index (χ1v) is 7.51. The molecule has 1 fully saturated rings. The Kier molecular flexibility index (Phi) is 3.72. The third kappa shape index (κ3) is 2.32. The molecule has 2 N–H and O–H groups in total. The van der Waals surface area contributed by atoms with Gasteiger partial charge in [-0.1, -0.05) is 12.1 Å². The quantitative estimate of drug-likeness (QED) is 0.931. The van der Waals surface area contributed by atoms with Crippen molar-refractivity contribution in [3.05, 3.63) is 42.1 Å². The van der Waals surface area contributed by atoms with Gasteiger partial charge in [0.05, 0.1) is 5.52 Å². The number of rotatable bonds is 3. The van der Waals surface area contributed by atoms with Gasteiger partial charge >= 0.3 is 0 Å². The number of fused-ring (bicyclic) bond motifs is 1. The van der Waals surface area contributed by atoms with E-state index in [2.05, 4.69) is 48.0 Å². The van der Waals surface area contributed by atoms with Gasteiger partial charge in [-0.2, -0.15) is 0 Å². The average Bonchev–Trinajstić information content (AvgIpc) is 2.90. The molecule has 2 aromatic rings. The average molecular weight is 269 g/mol. The van der Waals surface area contributed by atoms with Gasteiger partial charge in [0.1, 0.15) is 0 Å². The highest BCUT2D eigenvalue weighted by Gasteiger charge is 2.35. The Morgan fingerprint density at radius 3 is 2.95 bits per heavy atom. The van der Waals surface area contributed by atoms with Gasteiger partial charge in [0, 0.05) is 23.7 Å². The number of hydrogen-bond donors (Lipinski definition) is 1. The summed E-state index contributed by atoms with van der Waals surface area (Å²) in [5.74, 6) is 0.562. The molecule has 0 spiro atoms. The molecule has 0 radical (unpaired) electrons. The van der Waals surface area contributed by atoms with E-state index < -0.39 is 0 Å². The van der Waals surface area contributed by atoms with Gasteiger partial charge in [-0.15, -0.1) is 0 Å². The van der Waals surface area contributed by atoms with Crippen molar-refractivity contribution in [2.75, 3.05) is 13.1 Å². The fourth-order valence-corrected chi connectivity index (χ4v) is 3.45. The van der Waals surface area contributed by atoms with E-state index in [1.54, 1.807) is 0 Å². The van der Waals surface area contributed by atoms with Crippen molar-refractivity contribution in [1.29, 1.82) is 0 Å². The molecule has 0 saturated carbocycles. The maximum atomic E-state index is 6.00. The first kappa shape index (κ1) is 13.5. The van der Waals surface area contributed by atoms with Crippen LogP contribution < -0.4 is 5.73 Å². The van der Waals surface area contributed by atoms with E-state index in [4.69, 9.17) is 5.73 Å². The molecule has 3 nitrogen and oxygen atoms in total. The topological polar surface area (TPSA) is 42.1 Å². The van der Waals surface area contributed by atoms with Crippen LogP contribution in [0, 0.1) is 5.92 Å². The largest absolute Gasteiger partial charge is 0.330 e. The number of likely N-dealkylation sites (tertiary alicyclic amines) is 1. The molecule has 2 atom stereocenters. The zero-order valence-corrected chi connectivity index (χ0v) is 12.3. The molecule has 2 heterocycles. The standard InChI is InChI=1S/C17H23N3/c1-12(2)20-9-7-15(11-18)17(20)14-5-6-16-13(10-14)4-3-8-19-16/h3-6,8,10,12,15,17H,7,9,11,18H2,1-2H3. The molecule has 2 unspecified atom stereocenters. The van der Waals surface area contributed by atoms with Crippen molar-refractivity contribution in [1.82, 2.24) is 9.88 Å². The van der Waals surface area contributed by atoms with Gasteiger partial charge < -0.3 is 5.73 Å². The highest BCUT2D eigenvalue weighted by molar-refractivity contribution is 5.79. The van der Waals surface area contributed by atoms with Crippen LogP contribution in [0.4, 0.5) is 0 Å². The number of benzene rings is 1. The van der Waals surface area contributed by atoms with Gasteiger partial charge in [-0.25, -0.2) is 0 Å². The number of aromatic nitrogens is 1. The van der Waals surface area contributed by atoms with Gasteiger partial charge in [-0.05, 0) is 63.0 Å². The minimum Gasteiger partial charge on any atom is -0.330 e. The zero-order valence-electron chi connectivity index (χ0n) is 12.3. The van der Waals surface area contributed by atoms with E-state index in [1.807, 2.05) is 12.3 Å². The lowest BCUT2D eigenvalue weighted by Gasteiger charge is -2.31. The molecule has 1 saturated heterocycles. The summed E-state index contributed by atoms with van der Waals surface area (Å²) >= 11 is 0. The summed E-state index contributed by atoms with van der Waals surface area (Å²) in [5, 5.41) is 1.22. The summed E-state index contributed by atoms with van der Waals surface area (Å²) in [6, 6.07) is 11.8. The van der Waals surface area contributed by atoms with Crippen LogP contribution in [0.25, 0.3) is 10.9 Å². The Hall–Kier alpha value is -1.45. The SMILES string of the molecule is CC(C)N1CCC(CN)C1c1ccc2ncccc2c1. The Morgan fingerprint density at radius 2 is 2.20 bits per heavy atom. The maximum Gasteiger partial charge on any atom is 0.0702 e. The predicted octanol–water partition coefficient (Wildman–Crippen LogP) is 2.96. The lowest BCUT2D eigenvalue weighted by molar-refractivity contribution is 0.185. The Bertz CT molecular complexity index is 594. The van der Waals surface area contributed by atoms with Crippen molar-refractivity contribution in [3.8, 4) is 0 Å². The molecule has 3 rings (SSSR count).